The first-order chi connectivity index (χ1) is 11.6. The molecule has 1 heterocycles. The van der Waals surface area contributed by atoms with E-state index < -0.39 is 5.91 Å². The molecule has 6 heteroatoms. The smallest absolute Gasteiger partial charge is 0.269 e. The Kier molecular flexibility index (Phi) is 4.74. The number of hydrazine groups is 1. The summed E-state index contributed by atoms with van der Waals surface area (Å²) in [5.41, 5.74) is 7.48. The number of benzene rings is 1. The summed E-state index contributed by atoms with van der Waals surface area (Å²) < 4.78 is 1.26. The molecule has 1 aliphatic rings. The molecule has 2 N–H and O–H groups in total. The number of carbonyl (C=O) groups excluding carboxylic acids is 2. The lowest BCUT2D eigenvalue weighted by Gasteiger charge is -2.16. The monoisotopic (exact) mass is 325 g/mol. The minimum atomic E-state index is -0.463. The minimum Gasteiger partial charge on any atom is -0.306 e. The van der Waals surface area contributed by atoms with E-state index in [0.717, 1.165) is 19.3 Å². The van der Waals surface area contributed by atoms with Gasteiger partial charge in [-0.1, -0.05) is 12.1 Å². The van der Waals surface area contributed by atoms with Gasteiger partial charge in [0.2, 0.25) is 0 Å². The molecule has 6 nitrogen and oxygen atoms in total. The summed E-state index contributed by atoms with van der Waals surface area (Å²) in [5.74, 6) is -0.827. The number of aryl methyl sites for hydroxylation is 2. The molecule has 0 fully saturated rings. The molecule has 2 aromatic rings. The molecule has 1 aromatic carbocycles. The van der Waals surface area contributed by atoms with E-state index in [-0.39, 0.29) is 18.0 Å². The van der Waals surface area contributed by atoms with E-state index in [1.165, 1.54) is 34.4 Å². The summed E-state index contributed by atoms with van der Waals surface area (Å²) in [6.45, 7) is -0.149. The molecule has 124 valence electrons. The summed E-state index contributed by atoms with van der Waals surface area (Å²) in [4.78, 5) is 35.6. The summed E-state index contributed by atoms with van der Waals surface area (Å²) in [5, 5.41) is 0. The molecule has 1 aliphatic carbocycles. The second-order valence-corrected chi connectivity index (χ2v) is 5.86. The lowest BCUT2D eigenvalue weighted by atomic mass is 9.90. The third-order valence-electron chi connectivity index (χ3n) is 4.14. The maximum absolute atomic E-state index is 12.2. The van der Waals surface area contributed by atoms with E-state index in [4.69, 9.17) is 0 Å². The Morgan fingerprint density at radius 3 is 2.58 bits per heavy atom. The number of aromatic nitrogens is 1. The molecule has 2 amide bonds. The van der Waals surface area contributed by atoms with Crippen LogP contribution in [0.1, 0.15) is 34.3 Å². The van der Waals surface area contributed by atoms with Gasteiger partial charge in [-0.05, 0) is 55.0 Å². The van der Waals surface area contributed by atoms with Crippen molar-refractivity contribution >= 4 is 11.8 Å². The van der Waals surface area contributed by atoms with Crippen LogP contribution >= 0.6 is 0 Å². The molecule has 0 bridgehead atoms. The SMILES string of the molecule is O=C(Cn1ccccc1=O)NNC(=O)c1ccc2c(c1)CCCC2. The van der Waals surface area contributed by atoms with Crippen LogP contribution < -0.4 is 16.4 Å². The molecule has 0 radical (unpaired) electrons. The molecule has 0 spiro atoms. The van der Waals surface area contributed by atoms with Crippen LogP contribution in [-0.4, -0.2) is 16.4 Å². The lowest BCUT2D eigenvalue weighted by molar-refractivity contribution is -0.122. The van der Waals surface area contributed by atoms with Crippen LogP contribution in [0.5, 0.6) is 0 Å². The average molecular weight is 325 g/mol. The minimum absolute atomic E-state index is 0.149. The number of nitrogens with one attached hydrogen (secondary N) is 2. The van der Waals surface area contributed by atoms with Gasteiger partial charge in [0.25, 0.3) is 17.4 Å². The number of carbonyl (C=O) groups is 2. The second kappa shape index (κ2) is 7.12. The van der Waals surface area contributed by atoms with E-state index in [1.807, 2.05) is 12.1 Å². The van der Waals surface area contributed by atoms with E-state index in [9.17, 15) is 14.4 Å². The fourth-order valence-electron chi connectivity index (χ4n) is 2.86. The molecular weight excluding hydrogens is 306 g/mol. The maximum Gasteiger partial charge on any atom is 0.269 e. The van der Waals surface area contributed by atoms with Crippen LogP contribution in [0, 0.1) is 0 Å². The van der Waals surface area contributed by atoms with Crippen LogP contribution in [0.2, 0.25) is 0 Å². The van der Waals surface area contributed by atoms with Gasteiger partial charge in [-0.25, -0.2) is 0 Å². The van der Waals surface area contributed by atoms with Gasteiger partial charge in [0.05, 0.1) is 0 Å². The zero-order valence-corrected chi connectivity index (χ0v) is 13.2. The largest absolute Gasteiger partial charge is 0.306 e. The molecule has 1 aromatic heterocycles. The number of rotatable bonds is 3. The van der Waals surface area contributed by atoms with Crippen molar-refractivity contribution in [2.45, 2.75) is 32.2 Å². The summed E-state index contributed by atoms with van der Waals surface area (Å²) >= 11 is 0. The van der Waals surface area contributed by atoms with Crippen molar-refractivity contribution in [3.8, 4) is 0 Å². The molecule has 0 aliphatic heterocycles. The van der Waals surface area contributed by atoms with E-state index >= 15 is 0 Å². The zero-order valence-electron chi connectivity index (χ0n) is 13.2. The van der Waals surface area contributed by atoms with Crippen LogP contribution in [0.25, 0.3) is 0 Å². The number of hydrogen-bond acceptors (Lipinski definition) is 3. The summed E-state index contributed by atoms with van der Waals surface area (Å²) in [7, 11) is 0. The van der Waals surface area contributed by atoms with Crippen molar-refractivity contribution in [3.63, 3.8) is 0 Å². The third kappa shape index (κ3) is 3.71. The maximum atomic E-state index is 12.2. The highest BCUT2D eigenvalue weighted by Gasteiger charge is 2.13. The fraction of sp³-hybridized carbons (Fsp3) is 0.278. The van der Waals surface area contributed by atoms with Gasteiger partial charge in [-0.3, -0.25) is 25.2 Å². The Balaban J connectivity index is 1.58. The number of hydrogen-bond donors (Lipinski definition) is 2. The van der Waals surface area contributed by atoms with Crippen LogP contribution in [0.15, 0.2) is 47.4 Å². The Bertz CT molecular complexity index is 826. The number of nitrogens with zero attached hydrogens (tertiary/aromatic N) is 1. The van der Waals surface area contributed by atoms with Gasteiger partial charge in [0, 0.05) is 17.8 Å². The van der Waals surface area contributed by atoms with Gasteiger partial charge in [-0.15, -0.1) is 0 Å². The van der Waals surface area contributed by atoms with Gasteiger partial charge in [-0.2, -0.15) is 0 Å². The Morgan fingerprint density at radius 2 is 1.79 bits per heavy atom. The standard InChI is InChI=1S/C18H19N3O3/c22-16(12-21-10-4-3-7-17(21)23)19-20-18(24)15-9-8-13-5-1-2-6-14(13)11-15/h3-4,7-11H,1-2,5-6,12H2,(H,19,22)(H,20,24). The normalized spacial score (nSPS) is 13.0. The highest BCUT2D eigenvalue weighted by atomic mass is 16.2. The Labute approximate surface area is 139 Å². The first kappa shape index (κ1) is 16.0. The topological polar surface area (TPSA) is 80.2 Å². The number of pyridine rings is 1. The summed E-state index contributed by atoms with van der Waals surface area (Å²) in [6, 6.07) is 10.3. The predicted molar refractivity (Wildman–Crippen MR) is 89.4 cm³/mol. The third-order valence-corrected chi connectivity index (χ3v) is 4.14. The lowest BCUT2D eigenvalue weighted by Crippen LogP contribution is -2.44. The molecule has 24 heavy (non-hydrogen) atoms. The Hall–Kier alpha value is -2.89. The molecular formula is C18H19N3O3. The highest BCUT2D eigenvalue weighted by Crippen LogP contribution is 2.22. The number of amides is 2. The van der Waals surface area contributed by atoms with Crippen molar-refractivity contribution < 1.29 is 9.59 Å². The molecule has 0 unspecified atom stereocenters. The van der Waals surface area contributed by atoms with E-state index in [1.54, 1.807) is 18.2 Å². The van der Waals surface area contributed by atoms with Crippen molar-refractivity contribution in [1.29, 1.82) is 0 Å². The van der Waals surface area contributed by atoms with Crippen LogP contribution in [0.4, 0.5) is 0 Å². The van der Waals surface area contributed by atoms with Crippen molar-refractivity contribution in [3.05, 3.63) is 69.6 Å². The summed E-state index contributed by atoms with van der Waals surface area (Å²) in [6.07, 6.45) is 5.89. The second-order valence-electron chi connectivity index (χ2n) is 5.86. The molecule has 0 saturated heterocycles. The first-order valence-corrected chi connectivity index (χ1v) is 8.00. The Morgan fingerprint density at radius 1 is 1.00 bits per heavy atom. The molecule has 3 rings (SSSR count). The van der Waals surface area contributed by atoms with Gasteiger partial charge < -0.3 is 4.57 Å². The average Bonchev–Trinajstić information content (AvgIpc) is 2.61. The fourth-order valence-corrected chi connectivity index (χ4v) is 2.86. The molecule has 0 atom stereocenters. The van der Waals surface area contributed by atoms with Crippen LogP contribution in [0.3, 0.4) is 0 Å². The molecule has 0 saturated carbocycles. The van der Waals surface area contributed by atoms with Crippen molar-refractivity contribution in [2.75, 3.05) is 0 Å². The number of fused-ring (bicyclic) bond motifs is 1. The van der Waals surface area contributed by atoms with Crippen molar-refractivity contribution in [1.82, 2.24) is 15.4 Å². The predicted octanol–water partition coefficient (Wildman–Crippen LogP) is 1.19. The van der Waals surface area contributed by atoms with E-state index in [0.29, 0.717) is 5.56 Å². The van der Waals surface area contributed by atoms with Gasteiger partial charge >= 0.3 is 0 Å². The quantitative estimate of drug-likeness (QED) is 0.832. The van der Waals surface area contributed by atoms with Gasteiger partial charge in [0.15, 0.2) is 0 Å². The zero-order chi connectivity index (χ0) is 16.9. The van der Waals surface area contributed by atoms with Crippen LogP contribution in [-0.2, 0) is 24.2 Å². The van der Waals surface area contributed by atoms with Crippen molar-refractivity contribution in [2.24, 2.45) is 0 Å². The van der Waals surface area contributed by atoms with Gasteiger partial charge in [0.1, 0.15) is 6.54 Å². The first-order valence-electron chi connectivity index (χ1n) is 8.00. The highest BCUT2D eigenvalue weighted by molar-refractivity contribution is 5.95. The van der Waals surface area contributed by atoms with E-state index in [2.05, 4.69) is 10.9 Å².